The Morgan fingerprint density at radius 2 is 1.77 bits per heavy atom. The van der Waals surface area contributed by atoms with Crippen LogP contribution in [-0.2, 0) is 64.6 Å². The molecule has 70 heavy (non-hydrogen) atoms. The molecule has 382 valence electrons. The number of benzene rings is 1. The molecule has 0 saturated carbocycles. The van der Waals surface area contributed by atoms with Crippen LogP contribution in [0.2, 0.25) is 43.8 Å². The maximum Gasteiger partial charge on any atom is 0.695 e. The van der Waals surface area contributed by atoms with E-state index in [0.717, 1.165) is 12.4 Å². The Balaban J connectivity index is 1.34. The van der Waals surface area contributed by atoms with Gasteiger partial charge in [0.1, 0.15) is 50.2 Å². The Morgan fingerprint density at radius 1 is 1.04 bits per heavy atom. The van der Waals surface area contributed by atoms with Crippen LogP contribution in [0, 0.1) is 6.57 Å². The topological polar surface area (TPSA) is 253 Å². The van der Waals surface area contributed by atoms with Crippen LogP contribution in [0.15, 0.2) is 49.1 Å². The Kier molecular flexibility index (Phi) is 18.5. The minimum atomic E-state index is -4.17. The Morgan fingerprint density at radius 3 is 2.41 bits per heavy atom. The fourth-order valence-corrected chi connectivity index (χ4v) is 11.8. The predicted octanol–water partition coefficient (Wildman–Crippen LogP) is 6.73. The number of nitrogens with zero attached hydrogens (tertiary/aromatic N) is 7. The van der Waals surface area contributed by atoms with Gasteiger partial charge in [-0.15, -0.1) is 9.42 Å². The minimum absolute atomic E-state index is 0.0270. The molecule has 2 aliphatic rings. The van der Waals surface area contributed by atoms with E-state index in [0.29, 0.717) is 12.2 Å². The van der Waals surface area contributed by atoms with E-state index in [1.807, 2.05) is 33.9 Å². The summed E-state index contributed by atoms with van der Waals surface area (Å²) in [4.78, 5) is 52.0. The summed E-state index contributed by atoms with van der Waals surface area (Å²) in [7, 11) is -6.42. The molecule has 6 rings (SSSR count). The third-order valence-corrected chi connectivity index (χ3v) is 20.9. The molecule has 28 heteroatoms. The lowest BCUT2D eigenvalue weighted by Gasteiger charge is -2.41. The molecule has 1 aromatic carbocycles. The van der Waals surface area contributed by atoms with E-state index >= 15 is 4.39 Å². The number of rotatable bonds is 23. The molecule has 3 aromatic heterocycles. The largest absolute Gasteiger partial charge is 0.695 e. The number of fused-ring (bicyclic) bond motifs is 1. The monoisotopic (exact) mass is 1070 g/mol. The van der Waals surface area contributed by atoms with Crippen molar-refractivity contribution in [2.75, 3.05) is 45.4 Å². The molecular weight excluding hydrogens is 1010 g/mol. The summed E-state index contributed by atoms with van der Waals surface area (Å²) in [6.45, 7) is 18.7. The first-order chi connectivity index (χ1) is 33.0. The maximum absolute atomic E-state index is 16.7. The Labute approximate surface area is 413 Å². The summed E-state index contributed by atoms with van der Waals surface area (Å²) >= 11 is 6.06. The van der Waals surface area contributed by atoms with E-state index in [2.05, 4.69) is 49.9 Å². The van der Waals surface area contributed by atoms with Crippen LogP contribution in [0.4, 0.5) is 10.2 Å². The number of halogens is 1. The van der Waals surface area contributed by atoms with E-state index in [1.54, 1.807) is 30.3 Å². The number of aromatic nitrogens is 6. The molecule has 0 spiro atoms. The highest BCUT2D eigenvalue weighted by Gasteiger charge is 2.56. The zero-order valence-corrected chi connectivity index (χ0v) is 44.9. The van der Waals surface area contributed by atoms with Gasteiger partial charge in [-0.05, 0) is 54.2 Å². The van der Waals surface area contributed by atoms with E-state index in [-0.39, 0.29) is 53.3 Å². The maximum atomic E-state index is 16.7. The standard InChI is InChI=1S/C42H59FN8O14P2SSi2/c1-42(2,3)70(9,10)65-35-29(21-52)61-33(28-20-27(41(54)57-5)49-51(28)25-58-18-19-69(6,7)8)36(35)64-67(68,59-17-16-44-4)60-22-30-34(63-66(55)56)31(43)40(62-30)50-24-47-32-37(45-23-46-38(32)50)48-39(53)26-14-12-11-13-15-26/h11-15,20,23-24,29-31,33-36,40,52H,16-19,21-22,25H2,1-3,5-10H3,(H-,45,46,48,53,55,56)/p+1/t29-,30-,31-,33+,34-,35-,36+,40-,67?/m1/s1. The third-order valence-electron chi connectivity index (χ3n) is 11.9. The summed E-state index contributed by atoms with van der Waals surface area (Å²) in [5.74, 6) is -1.20. The van der Waals surface area contributed by atoms with E-state index in [1.165, 1.54) is 28.8 Å². The molecular formula is C42H60FN8O14P2SSi2+. The van der Waals surface area contributed by atoms with Crippen molar-refractivity contribution in [3.8, 4) is 0 Å². The molecule has 5 heterocycles. The highest BCUT2D eigenvalue weighted by Crippen LogP contribution is 2.56. The fourth-order valence-electron chi connectivity index (χ4n) is 7.18. The molecule has 4 aromatic rings. The van der Waals surface area contributed by atoms with Gasteiger partial charge in [-0.25, -0.2) is 35.4 Å². The molecule has 2 aliphatic heterocycles. The van der Waals surface area contributed by atoms with Crippen molar-refractivity contribution in [2.24, 2.45) is 0 Å². The van der Waals surface area contributed by atoms with E-state index in [9.17, 15) is 24.2 Å². The van der Waals surface area contributed by atoms with Crippen molar-refractivity contribution in [1.29, 1.82) is 0 Å². The number of methoxy groups -OCH3 is 1. The van der Waals surface area contributed by atoms with Gasteiger partial charge >= 0.3 is 20.9 Å². The van der Waals surface area contributed by atoms with Crippen LogP contribution in [-0.4, -0.2) is 144 Å². The second-order valence-electron chi connectivity index (χ2n) is 19.1. The van der Waals surface area contributed by atoms with Crippen LogP contribution in [0.25, 0.3) is 16.0 Å². The Bertz CT molecular complexity index is 2560. The number of aliphatic hydroxyl groups is 1. The summed E-state index contributed by atoms with van der Waals surface area (Å²) in [5, 5.41) is 17.7. The molecule has 22 nitrogen and oxygen atoms in total. The van der Waals surface area contributed by atoms with Gasteiger partial charge in [0.25, 0.3) is 5.91 Å². The number of carbonyl (C=O) groups excluding carboxylic acids is 2. The fraction of sp³-hybridized carbons (Fsp3) is 0.595. The summed E-state index contributed by atoms with van der Waals surface area (Å²) < 4.78 is 86.6. The first-order valence-electron chi connectivity index (χ1n) is 22.2. The lowest BCUT2D eigenvalue weighted by atomic mass is 10.1. The third kappa shape index (κ3) is 13.4. The van der Waals surface area contributed by atoms with Crippen LogP contribution in [0.3, 0.4) is 0 Å². The van der Waals surface area contributed by atoms with Crippen LogP contribution in [0.5, 0.6) is 0 Å². The SMILES string of the molecule is [C-]#[N+]CCOP(=S)(OC[C@H]1O[C@@H](n2cnc3c(NC(=O)c4ccccc4)ncnc32)[C@H](F)[C@@H]1O[P+](=O)O)O[C@@H]1[C@H](O[Si](C)(C)C(C)(C)C)[C@@H](CO)O[C@H]1c1cc(C(=O)OC)nn1COCC[Si](C)(C)C. The number of nitrogens with one attached hydrogen (secondary N) is 1. The number of imidazole rings is 1. The molecule has 0 aliphatic carbocycles. The van der Waals surface area contributed by atoms with E-state index < -0.39 is 105 Å². The molecule has 3 N–H and O–H groups in total. The van der Waals surface area contributed by atoms with Crippen LogP contribution < -0.4 is 5.32 Å². The molecule has 0 bridgehead atoms. The number of hydrogen-bond acceptors (Lipinski definition) is 18. The quantitative estimate of drug-likeness (QED) is 0.0229. The first-order valence-corrected chi connectivity index (χ1v) is 32.5. The highest BCUT2D eigenvalue weighted by atomic mass is 32.5. The van der Waals surface area contributed by atoms with Crippen LogP contribution in [0.1, 0.15) is 59.6 Å². The lowest BCUT2D eigenvalue weighted by molar-refractivity contribution is -0.0473. The average Bonchev–Trinajstić information content (AvgIpc) is 4.07. The van der Waals surface area contributed by atoms with Gasteiger partial charge in [-0.2, -0.15) is 5.10 Å². The van der Waals surface area contributed by atoms with Gasteiger partial charge in [-0.1, -0.05) is 58.6 Å². The smallest absolute Gasteiger partial charge is 0.464 e. The average molecular weight is 1070 g/mol. The van der Waals surface area contributed by atoms with Gasteiger partial charge in [0.2, 0.25) is 6.54 Å². The molecule has 1 amide bonds. The number of amides is 1. The molecule has 0 radical (unpaired) electrons. The van der Waals surface area contributed by atoms with Gasteiger partial charge in [0.15, 0.2) is 49.5 Å². The normalized spacial score (nSPS) is 24.1. The summed E-state index contributed by atoms with van der Waals surface area (Å²) in [5.41, 5.74) is 0.694. The Hall–Kier alpha value is -3.88. The van der Waals surface area contributed by atoms with Crippen LogP contribution >= 0.6 is 15.0 Å². The number of anilines is 1. The summed E-state index contributed by atoms with van der Waals surface area (Å²) in [6, 6.07) is 10.7. The molecule has 2 saturated heterocycles. The zero-order chi connectivity index (χ0) is 51.2. The van der Waals surface area contributed by atoms with Crippen molar-refractivity contribution >= 4 is 72.0 Å². The van der Waals surface area contributed by atoms with Gasteiger partial charge in [0, 0.05) is 24.8 Å². The van der Waals surface area contributed by atoms with Gasteiger partial charge in [0.05, 0.1) is 32.3 Å². The predicted molar refractivity (Wildman–Crippen MR) is 260 cm³/mol. The zero-order valence-electron chi connectivity index (χ0n) is 40.3. The minimum Gasteiger partial charge on any atom is -0.464 e. The number of alkyl halides is 1. The van der Waals surface area contributed by atoms with E-state index in [4.69, 9.17) is 59.8 Å². The lowest BCUT2D eigenvalue weighted by Crippen LogP contribution is -2.50. The van der Waals surface area contributed by atoms with Crippen molar-refractivity contribution in [2.45, 2.75) is 120 Å². The van der Waals surface area contributed by atoms with Crippen molar-refractivity contribution in [3.63, 3.8) is 0 Å². The van der Waals surface area contributed by atoms with Crippen molar-refractivity contribution in [1.82, 2.24) is 29.3 Å². The number of ether oxygens (including phenoxy) is 4. The highest BCUT2D eigenvalue weighted by molar-refractivity contribution is 8.07. The number of esters is 1. The van der Waals surface area contributed by atoms with Crippen molar-refractivity contribution in [3.05, 3.63) is 77.4 Å². The second kappa shape index (κ2) is 23.3. The number of carbonyl (C=O) groups is 2. The van der Waals surface area contributed by atoms with Gasteiger partial charge in [-0.3, -0.25) is 13.9 Å². The van der Waals surface area contributed by atoms with Crippen molar-refractivity contribution < 1.29 is 70.0 Å². The first kappa shape index (κ1) is 55.4. The molecule has 10 atom stereocenters. The number of aliphatic hydroxyl groups excluding tert-OH is 1. The van der Waals surface area contributed by atoms with Gasteiger partial charge < -0.3 is 47.7 Å². The molecule has 2 fully saturated rings. The second-order valence-corrected chi connectivity index (χ2v) is 33.2. The summed E-state index contributed by atoms with van der Waals surface area (Å²) in [6.07, 6.45) is -9.08. The molecule has 2 unspecified atom stereocenters. The number of hydrogen-bond donors (Lipinski definition) is 3.